The Morgan fingerprint density at radius 1 is 0.393 bits per heavy atom. The van der Waals surface area contributed by atoms with Gasteiger partial charge in [-0.1, -0.05) is 29.8 Å². The fourth-order valence-electron chi connectivity index (χ4n) is 16.5. The van der Waals surface area contributed by atoms with Crippen LogP contribution in [0.5, 0.6) is 0 Å². The first-order valence-corrected chi connectivity index (χ1v) is 50.8. The zero-order valence-corrected chi connectivity index (χ0v) is 87.9. The second-order valence-electron chi connectivity index (χ2n) is 37.1. The Morgan fingerprint density at radius 2 is 0.793 bits per heavy atom. The summed E-state index contributed by atoms with van der Waals surface area (Å²) in [4.78, 5) is 177. The van der Waals surface area contributed by atoms with Gasteiger partial charge < -0.3 is 153 Å². The van der Waals surface area contributed by atoms with Gasteiger partial charge in [-0.15, -0.1) is 0 Å². The third-order valence-corrected chi connectivity index (χ3v) is 24.4. The van der Waals surface area contributed by atoms with Crippen molar-refractivity contribution < 1.29 is 114 Å². The summed E-state index contributed by atoms with van der Waals surface area (Å²) in [6.45, 7) is 24.5. The molecule has 47 nitrogen and oxygen atoms in total. The fraction of sp³-hybridized carbons (Fsp3) is 0.539. The Labute approximate surface area is 877 Å². The summed E-state index contributed by atoms with van der Waals surface area (Å²) in [5.41, 5.74) is 5.60. The van der Waals surface area contributed by atoms with Crippen molar-refractivity contribution in [3.63, 3.8) is 0 Å². The summed E-state index contributed by atoms with van der Waals surface area (Å²) in [6.07, 6.45) is 9.42. The van der Waals surface area contributed by atoms with E-state index in [1.165, 1.54) is 66.0 Å². The number of piperazine rings is 1. The van der Waals surface area contributed by atoms with Gasteiger partial charge in [-0.3, -0.25) is 57.6 Å². The number of nitrogens with zero attached hydrogens (tertiary/aromatic N) is 12. The largest absolute Gasteiger partial charge is 0.444 e. The molecule has 3 aliphatic heterocycles. The fourth-order valence-corrected chi connectivity index (χ4v) is 16.7. The number of ether oxygens (including phenoxy) is 12. The van der Waals surface area contributed by atoms with Crippen molar-refractivity contribution in [1.29, 1.82) is 0 Å². The predicted molar refractivity (Wildman–Crippen MR) is 558 cm³/mol. The van der Waals surface area contributed by atoms with Crippen LogP contribution >= 0.6 is 11.6 Å². The molecule has 48 heteroatoms. The van der Waals surface area contributed by atoms with Crippen molar-refractivity contribution in [3.05, 3.63) is 155 Å². The number of piperidine rings is 1. The summed E-state index contributed by atoms with van der Waals surface area (Å²) in [6, 6.07) is 24.0. The van der Waals surface area contributed by atoms with Crippen LogP contribution in [0.1, 0.15) is 148 Å². The van der Waals surface area contributed by atoms with Gasteiger partial charge in [0.25, 0.3) is 35.4 Å². The standard InChI is InChI=1S/C102H144ClN23O24/c1-70-59-81(109-77-18-16-76(103)17-19-77)80-60-75(15-20-82(80)126(70)71(2)127)73-11-13-74(14-12-73)95(132)107-29-38-139-41-44-142-47-49-144-51-53-146-55-56-147-54-52-145-50-48-143-45-42-140-39-30-108-98(135)92-115-85(66-120(92)8)112-89(129)22-27-105-96(133)83-62-79(65-118(83)6)111-100(137)94-117-87(68-122(94)10)114-90(130)23-28-106-97(134)84-61-78(64-119(84)7)110-99(136)93-116-86(67-121(93)9)113-88(128)21-26-104-91(131)69-149-58-57-148-46-43-141-40-37-123-33-35-124(36-34-123)63-72-24-31-125(32-25-72)101(138)150-102(3,4)5/h11-20,60-62,64-68,70,72,81,109H,21-59,63,69H2,1-10H3,(H,104,131)(H,105,133)(H,106,134)(H,107,132)(H,108,135)(H,110,136)(H,111,137)(H,112,129)(H,113,128)(H,114,130)/t70-,81+/m0/s1. The van der Waals surface area contributed by atoms with E-state index < -0.39 is 58.8 Å². The molecule has 0 bridgehead atoms. The maximum absolute atomic E-state index is 13.5. The van der Waals surface area contributed by atoms with Gasteiger partial charge in [0.15, 0.2) is 17.5 Å². The molecular weight excluding hydrogens is 1970 g/mol. The number of likely N-dealkylation sites (tertiary alicyclic amines) is 1. The van der Waals surface area contributed by atoms with Crippen LogP contribution in [0.3, 0.4) is 0 Å². The van der Waals surface area contributed by atoms with Gasteiger partial charge in [-0.2, -0.15) is 0 Å². The van der Waals surface area contributed by atoms with Crippen LogP contribution in [0, 0.1) is 5.92 Å². The second-order valence-corrected chi connectivity index (χ2v) is 37.5. The number of benzene rings is 3. The van der Waals surface area contributed by atoms with Crippen LogP contribution in [0.2, 0.25) is 5.02 Å². The number of fused-ring (bicyclic) bond motifs is 1. The lowest BCUT2D eigenvalue weighted by molar-refractivity contribution is -0.126. The molecule has 2 fully saturated rings. The zero-order valence-electron chi connectivity index (χ0n) is 87.2. The van der Waals surface area contributed by atoms with Crippen molar-refractivity contribution in [3.8, 4) is 11.1 Å². The lowest BCUT2D eigenvalue weighted by atomic mass is 9.88. The lowest BCUT2D eigenvalue weighted by Crippen LogP contribution is -2.50. The minimum atomic E-state index is -0.663. The first-order chi connectivity index (χ1) is 72.3. The molecular formula is C102H144ClN23O24. The second kappa shape index (κ2) is 61.2. The minimum Gasteiger partial charge on any atom is -0.444 e. The third kappa shape index (κ3) is 39.7. The molecule has 0 radical (unpaired) electrons. The molecule has 8 aromatic rings. The molecule has 5 aromatic heterocycles. The molecule has 12 amide bonds. The summed E-state index contributed by atoms with van der Waals surface area (Å²) in [5, 5.41) is 31.2. The molecule has 0 spiro atoms. The summed E-state index contributed by atoms with van der Waals surface area (Å²) >= 11 is 6.14. The average molecular weight is 2110 g/mol. The van der Waals surface area contributed by atoms with E-state index in [1.807, 2.05) is 79.1 Å². The maximum atomic E-state index is 13.5. The van der Waals surface area contributed by atoms with E-state index in [2.05, 4.69) is 96.2 Å². The molecule has 11 N–H and O–H groups in total. The smallest absolute Gasteiger partial charge is 0.410 e. The zero-order chi connectivity index (χ0) is 107. The molecule has 8 heterocycles. The average Bonchev–Trinajstić information content (AvgIpc) is 1.04. The molecule has 0 unspecified atom stereocenters. The summed E-state index contributed by atoms with van der Waals surface area (Å²) < 4.78 is 74.2. The Bertz CT molecular complexity index is 5710. The number of nitrogens with one attached hydrogen (secondary N) is 11. The number of imidazole rings is 3. The minimum absolute atomic E-state index is 0.00474. The van der Waals surface area contributed by atoms with Crippen LogP contribution in [0.4, 0.5) is 45.0 Å². The number of rotatable bonds is 63. The van der Waals surface area contributed by atoms with Gasteiger partial charge in [0.2, 0.25) is 47.0 Å². The maximum Gasteiger partial charge on any atom is 0.410 e. The molecule has 0 aliphatic carbocycles. The van der Waals surface area contributed by atoms with Crippen molar-refractivity contribution in [2.75, 3.05) is 267 Å². The van der Waals surface area contributed by atoms with E-state index in [9.17, 15) is 57.5 Å². The van der Waals surface area contributed by atoms with Crippen molar-refractivity contribution in [1.82, 2.24) is 79.1 Å². The Balaban J connectivity index is 0.440. The highest BCUT2D eigenvalue weighted by atomic mass is 35.5. The first-order valence-electron chi connectivity index (χ1n) is 50.4. The van der Waals surface area contributed by atoms with E-state index in [4.69, 9.17) is 68.4 Å². The monoisotopic (exact) mass is 2110 g/mol. The van der Waals surface area contributed by atoms with Crippen LogP contribution in [-0.4, -0.2) is 366 Å². The van der Waals surface area contributed by atoms with Crippen molar-refractivity contribution >= 4 is 123 Å². The van der Waals surface area contributed by atoms with Gasteiger partial charge in [-0.05, 0) is 130 Å². The molecule has 3 aliphatic rings. The highest BCUT2D eigenvalue weighted by Gasteiger charge is 2.35. The topological polar surface area (TPSA) is 524 Å². The molecule has 2 saturated heterocycles. The predicted octanol–water partition coefficient (Wildman–Crippen LogP) is 6.26. The molecule has 0 saturated carbocycles. The number of carbonyl (C=O) groups is 12. The Hall–Kier alpha value is -13.1. The number of anilines is 7. The van der Waals surface area contributed by atoms with Crippen LogP contribution in [0.25, 0.3) is 11.1 Å². The molecule has 11 rings (SSSR count). The number of aryl methyl sites for hydroxylation is 5. The van der Waals surface area contributed by atoms with Gasteiger partial charge in [0, 0.05) is 205 Å². The third-order valence-electron chi connectivity index (χ3n) is 24.1. The normalized spacial score (nSPS) is 14.4. The Kier molecular flexibility index (Phi) is 47.8. The highest BCUT2D eigenvalue weighted by Crippen LogP contribution is 2.42. The number of amides is 12. The van der Waals surface area contributed by atoms with E-state index in [0.717, 1.165) is 99.7 Å². The highest BCUT2D eigenvalue weighted by molar-refractivity contribution is 6.30. The van der Waals surface area contributed by atoms with Crippen LogP contribution in [0.15, 0.2) is 110 Å². The van der Waals surface area contributed by atoms with E-state index in [1.54, 1.807) is 54.3 Å². The van der Waals surface area contributed by atoms with Gasteiger partial charge >= 0.3 is 6.09 Å². The number of carbonyl (C=O) groups excluding carboxylic acids is 12. The van der Waals surface area contributed by atoms with Crippen LogP contribution < -0.4 is 63.4 Å². The number of aromatic nitrogens is 8. The first kappa shape index (κ1) is 117. The van der Waals surface area contributed by atoms with E-state index in [-0.39, 0.29) is 166 Å². The quantitative estimate of drug-likeness (QED) is 0.0187. The van der Waals surface area contributed by atoms with E-state index in [0.29, 0.717) is 135 Å². The van der Waals surface area contributed by atoms with Crippen LogP contribution in [-0.2, 0) is 116 Å². The van der Waals surface area contributed by atoms with Gasteiger partial charge in [0.05, 0.1) is 156 Å². The molecule has 2 atom stereocenters. The van der Waals surface area contributed by atoms with Gasteiger partial charge in [-0.25, -0.2) is 19.7 Å². The summed E-state index contributed by atoms with van der Waals surface area (Å²) in [5.74, 6) is -4.25. The number of hydrogen-bond acceptors (Lipinski definition) is 30. The Morgan fingerprint density at radius 3 is 1.24 bits per heavy atom. The molecule has 3 aromatic carbocycles. The van der Waals surface area contributed by atoms with Gasteiger partial charge in [0.1, 0.15) is 23.6 Å². The lowest BCUT2D eigenvalue weighted by Gasteiger charge is -2.39. The number of halogens is 1. The molecule has 150 heavy (non-hydrogen) atoms. The van der Waals surface area contributed by atoms with E-state index >= 15 is 0 Å². The van der Waals surface area contributed by atoms with Crippen molar-refractivity contribution in [2.45, 2.75) is 90.8 Å². The molecule has 818 valence electrons. The SMILES string of the molecule is CC(=O)N1c2ccc(-c3ccc(C(=O)NCCOCCOCCOCCOCCOCCOCCOCCOCCNC(=O)c4nc(NC(=O)CCNC(=O)c5cc(NC(=O)c6nc(NC(=O)CCNC(=O)c7cc(NC(=O)c8nc(NC(=O)CCNC(=O)COCCOCCOCCN9CCN(CC%10CCN(C(=O)OC(C)(C)C)CC%10)CC9)cn8C)cn7C)cn6C)cn5C)cn4C)cc3)cc2[C@H](Nc2ccc(Cl)cc2)C[C@@H]1C. The number of hydrogen-bond donors (Lipinski definition) is 11. The summed E-state index contributed by atoms with van der Waals surface area (Å²) in [7, 11) is 7.89. The van der Waals surface area contributed by atoms with Crippen molar-refractivity contribution in [2.24, 2.45) is 41.2 Å².